The molecule has 0 saturated heterocycles. The summed E-state index contributed by atoms with van der Waals surface area (Å²) in [6, 6.07) is 3.91. The van der Waals surface area contributed by atoms with Crippen molar-refractivity contribution >= 4 is 61.7 Å². The molecular formula is C7H4BrCl2I. The summed E-state index contributed by atoms with van der Waals surface area (Å²) in [6.45, 7) is 0. The highest BCUT2D eigenvalue weighted by Crippen LogP contribution is 2.31. The third kappa shape index (κ3) is 2.23. The summed E-state index contributed by atoms with van der Waals surface area (Å²) in [5, 5.41) is 2.03. The van der Waals surface area contributed by atoms with Crippen molar-refractivity contribution in [3.63, 3.8) is 0 Å². The summed E-state index contributed by atoms with van der Waals surface area (Å²) < 4.78 is 0.985. The molecule has 0 nitrogen and oxygen atoms in total. The standard InChI is InChI=1S/C7H4BrCl2I/c8-3-4-1-2-5(11)7(10)6(4)9/h1-2H,3H2. The first-order valence-corrected chi connectivity index (χ1v) is 5.80. The third-order valence-electron chi connectivity index (χ3n) is 1.26. The molecule has 0 bridgehead atoms. The topological polar surface area (TPSA) is 0 Å². The largest absolute Gasteiger partial charge is 0.0876 e. The minimum absolute atomic E-state index is 0.643. The zero-order chi connectivity index (χ0) is 8.43. The van der Waals surface area contributed by atoms with E-state index in [4.69, 9.17) is 23.2 Å². The van der Waals surface area contributed by atoms with Crippen molar-refractivity contribution in [3.8, 4) is 0 Å². The van der Waals surface area contributed by atoms with E-state index in [1.807, 2.05) is 12.1 Å². The molecule has 0 aliphatic heterocycles. The Morgan fingerprint density at radius 3 is 2.45 bits per heavy atom. The van der Waals surface area contributed by atoms with Gasteiger partial charge in [0, 0.05) is 8.90 Å². The van der Waals surface area contributed by atoms with Crippen molar-refractivity contribution in [1.82, 2.24) is 0 Å². The number of rotatable bonds is 1. The molecule has 0 N–H and O–H groups in total. The molecule has 0 spiro atoms. The van der Waals surface area contributed by atoms with Crippen molar-refractivity contribution in [3.05, 3.63) is 31.3 Å². The van der Waals surface area contributed by atoms with Gasteiger partial charge in [-0.25, -0.2) is 0 Å². The lowest BCUT2D eigenvalue weighted by Gasteiger charge is -2.03. The Bertz CT molecular complexity index is 275. The first kappa shape index (κ1) is 10.1. The van der Waals surface area contributed by atoms with Gasteiger partial charge in [0.05, 0.1) is 10.0 Å². The van der Waals surface area contributed by atoms with E-state index in [0.717, 1.165) is 14.5 Å². The number of alkyl halides is 1. The average Bonchev–Trinajstić information content (AvgIpc) is 2.01. The van der Waals surface area contributed by atoms with E-state index in [9.17, 15) is 0 Å². The monoisotopic (exact) mass is 364 g/mol. The normalized spacial score (nSPS) is 10.2. The second kappa shape index (κ2) is 4.30. The minimum atomic E-state index is 0.643. The average molecular weight is 366 g/mol. The number of benzene rings is 1. The Hall–Kier alpha value is 1.01. The molecule has 0 aromatic heterocycles. The number of hydrogen-bond donors (Lipinski definition) is 0. The van der Waals surface area contributed by atoms with Crippen molar-refractivity contribution < 1.29 is 0 Å². The second-order valence-corrected chi connectivity index (χ2v) is 4.45. The van der Waals surface area contributed by atoms with Crippen LogP contribution in [0.5, 0.6) is 0 Å². The van der Waals surface area contributed by atoms with Crippen LogP contribution < -0.4 is 0 Å². The number of hydrogen-bond acceptors (Lipinski definition) is 0. The van der Waals surface area contributed by atoms with E-state index in [-0.39, 0.29) is 0 Å². The molecule has 0 fully saturated rings. The lowest BCUT2D eigenvalue weighted by atomic mass is 10.2. The van der Waals surface area contributed by atoms with E-state index in [1.54, 1.807) is 0 Å². The smallest absolute Gasteiger partial charge is 0.0728 e. The van der Waals surface area contributed by atoms with Crippen LogP contribution in [-0.4, -0.2) is 0 Å². The zero-order valence-electron chi connectivity index (χ0n) is 5.37. The molecule has 1 aromatic carbocycles. The molecule has 60 valence electrons. The maximum Gasteiger partial charge on any atom is 0.0728 e. The molecule has 0 amide bonds. The molecule has 4 heteroatoms. The van der Waals surface area contributed by atoms with Gasteiger partial charge in [0.2, 0.25) is 0 Å². The van der Waals surface area contributed by atoms with Crippen molar-refractivity contribution in [2.45, 2.75) is 5.33 Å². The van der Waals surface area contributed by atoms with E-state index in [0.29, 0.717) is 10.0 Å². The van der Waals surface area contributed by atoms with E-state index in [2.05, 4.69) is 38.5 Å². The molecule has 0 saturated carbocycles. The van der Waals surface area contributed by atoms with Gasteiger partial charge in [-0.15, -0.1) is 0 Å². The Morgan fingerprint density at radius 2 is 1.91 bits per heavy atom. The van der Waals surface area contributed by atoms with Crippen LogP contribution in [0.4, 0.5) is 0 Å². The lowest BCUT2D eigenvalue weighted by Crippen LogP contribution is -1.83. The Morgan fingerprint density at radius 1 is 1.27 bits per heavy atom. The van der Waals surface area contributed by atoms with Gasteiger partial charge in [-0.2, -0.15) is 0 Å². The summed E-state index contributed by atoms with van der Waals surface area (Å²) >= 11 is 17.3. The molecule has 0 aliphatic rings. The van der Waals surface area contributed by atoms with Crippen LogP contribution in [0.3, 0.4) is 0 Å². The summed E-state index contributed by atoms with van der Waals surface area (Å²) in [5.41, 5.74) is 1.03. The second-order valence-electron chi connectivity index (χ2n) is 1.97. The Kier molecular flexibility index (Phi) is 3.95. The van der Waals surface area contributed by atoms with Crippen molar-refractivity contribution in [2.24, 2.45) is 0 Å². The Balaban J connectivity index is 3.25. The van der Waals surface area contributed by atoms with Gasteiger partial charge in [-0.3, -0.25) is 0 Å². The number of halogens is 4. The van der Waals surface area contributed by atoms with Crippen LogP contribution in [0.25, 0.3) is 0 Å². The van der Waals surface area contributed by atoms with Crippen molar-refractivity contribution in [2.75, 3.05) is 0 Å². The highest BCUT2D eigenvalue weighted by atomic mass is 127. The van der Waals surface area contributed by atoms with Gasteiger partial charge in [-0.1, -0.05) is 45.2 Å². The molecule has 0 radical (unpaired) electrons. The summed E-state index contributed by atoms with van der Waals surface area (Å²) in [4.78, 5) is 0. The SMILES string of the molecule is Clc1c(I)ccc(CBr)c1Cl. The first-order chi connectivity index (χ1) is 5.16. The maximum atomic E-state index is 5.93. The molecule has 1 rings (SSSR count). The van der Waals surface area contributed by atoms with E-state index in [1.165, 1.54) is 0 Å². The highest BCUT2D eigenvalue weighted by molar-refractivity contribution is 14.1. The van der Waals surface area contributed by atoms with Crippen LogP contribution in [0, 0.1) is 3.57 Å². The van der Waals surface area contributed by atoms with Crippen LogP contribution >= 0.6 is 61.7 Å². The van der Waals surface area contributed by atoms with Crippen molar-refractivity contribution in [1.29, 1.82) is 0 Å². The summed E-state index contributed by atoms with van der Waals surface area (Å²) in [7, 11) is 0. The fourth-order valence-corrected chi connectivity index (χ4v) is 2.32. The maximum absolute atomic E-state index is 5.93. The molecule has 0 heterocycles. The minimum Gasteiger partial charge on any atom is -0.0876 e. The fraction of sp³-hybridized carbons (Fsp3) is 0.143. The third-order valence-corrected chi connectivity index (χ3v) is 4.00. The quantitative estimate of drug-likeness (QED) is 0.391. The van der Waals surface area contributed by atoms with Gasteiger partial charge < -0.3 is 0 Å². The first-order valence-electron chi connectivity index (χ1n) is 2.85. The molecule has 11 heavy (non-hydrogen) atoms. The van der Waals surface area contributed by atoms with E-state index >= 15 is 0 Å². The van der Waals surface area contributed by atoms with Crippen LogP contribution in [0.2, 0.25) is 10.0 Å². The lowest BCUT2D eigenvalue weighted by molar-refractivity contribution is 1.42. The summed E-state index contributed by atoms with van der Waals surface area (Å²) in [5.74, 6) is 0. The van der Waals surface area contributed by atoms with Gasteiger partial charge in [0.1, 0.15) is 0 Å². The van der Waals surface area contributed by atoms with Gasteiger partial charge in [0.25, 0.3) is 0 Å². The molecule has 0 atom stereocenters. The van der Waals surface area contributed by atoms with Gasteiger partial charge >= 0.3 is 0 Å². The summed E-state index contributed by atoms with van der Waals surface area (Å²) in [6.07, 6.45) is 0. The fourth-order valence-electron chi connectivity index (χ4n) is 0.669. The van der Waals surface area contributed by atoms with E-state index < -0.39 is 0 Å². The predicted octanol–water partition coefficient (Wildman–Crippen LogP) is 4.49. The molecule has 0 aliphatic carbocycles. The Labute approximate surface area is 97.5 Å². The zero-order valence-corrected chi connectivity index (χ0v) is 10.6. The predicted molar refractivity (Wildman–Crippen MR) is 61.8 cm³/mol. The highest BCUT2D eigenvalue weighted by Gasteiger charge is 2.06. The van der Waals surface area contributed by atoms with Gasteiger partial charge in [0.15, 0.2) is 0 Å². The van der Waals surface area contributed by atoms with Crippen LogP contribution in [-0.2, 0) is 5.33 Å². The van der Waals surface area contributed by atoms with Gasteiger partial charge in [-0.05, 0) is 34.2 Å². The molecule has 0 unspecified atom stereocenters. The molecular weight excluding hydrogens is 362 g/mol. The van der Waals surface area contributed by atoms with Crippen LogP contribution in [0.15, 0.2) is 12.1 Å². The van der Waals surface area contributed by atoms with Crippen LogP contribution in [0.1, 0.15) is 5.56 Å². The molecule has 1 aromatic rings.